The second-order valence-corrected chi connectivity index (χ2v) is 4.76. The average molecular weight is 258 g/mol. The van der Waals surface area contributed by atoms with E-state index in [4.69, 9.17) is 21.4 Å². The van der Waals surface area contributed by atoms with Gasteiger partial charge in [-0.1, -0.05) is 11.6 Å². The average Bonchev–Trinajstić information content (AvgIpc) is 2.22. The van der Waals surface area contributed by atoms with Crippen molar-refractivity contribution in [1.29, 1.82) is 0 Å². The highest BCUT2D eigenvalue weighted by Crippen LogP contribution is 2.31. The van der Waals surface area contributed by atoms with E-state index in [0.717, 1.165) is 5.56 Å². The molecule has 0 saturated heterocycles. The van der Waals surface area contributed by atoms with E-state index in [0.29, 0.717) is 16.5 Å². The van der Waals surface area contributed by atoms with Crippen LogP contribution in [-0.4, -0.2) is 23.7 Å². The first-order chi connectivity index (χ1) is 7.77. The zero-order chi connectivity index (χ0) is 13.2. The van der Waals surface area contributed by atoms with Crippen molar-refractivity contribution in [3.8, 4) is 5.75 Å². The Kier molecular flexibility index (Phi) is 3.88. The number of carboxylic acid groups (broad SMARTS) is 1. The summed E-state index contributed by atoms with van der Waals surface area (Å²) in [6, 6.07) is 3.43. The number of hydrogen-bond acceptors (Lipinski definition) is 3. The van der Waals surface area contributed by atoms with Crippen molar-refractivity contribution in [3.63, 3.8) is 0 Å². The quantitative estimate of drug-likeness (QED) is 0.871. The standard InChI is InChI=1S/C12H16ClNO3/c1-7-5-10(17-4)8(13)6-9(7)14-12(2,3)11(15)16/h5-6,14H,1-4H3,(H,15,16). The predicted octanol–water partition coefficient (Wildman–Crippen LogP) is 2.93. The van der Waals surface area contributed by atoms with Crippen molar-refractivity contribution in [3.05, 3.63) is 22.7 Å². The highest BCUT2D eigenvalue weighted by Gasteiger charge is 2.27. The van der Waals surface area contributed by atoms with E-state index in [2.05, 4.69) is 5.32 Å². The van der Waals surface area contributed by atoms with Gasteiger partial charge in [0.05, 0.1) is 12.1 Å². The number of hydrogen-bond donors (Lipinski definition) is 2. The molecule has 1 aromatic rings. The van der Waals surface area contributed by atoms with Crippen LogP contribution in [0.3, 0.4) is 0 Å². The summed E-state index contributed by atoms with van der Waals surface area (Å²) >= 11 is 6.00. The van der Waals surface area contributed by atoms with Gasteiger partial charge in [0.2, 0.25) is 0 Å². The summed E-state index contributed by atoms with van der Waals surface area (Å²) in [5, 5.41) is 12.4. The van der Waals surface area contributed by atoms with Gasteiger partial charge >= 0.3 is 5.97 Å². The molecule has 0 aliphatic rings. The second-order valence-electron chi connectivity index (χ2n) is 4.36. The van der Waals surface area contributed by atoms with Gasteiger partial charge in [-0.25, -0.2) is 4.79 Å². The Labute approximate surface area is 106 Å². The fraction of sp³-hybridized carbons (Fsp3) is 0.417. The Hall–Kier alpha value is -1.42. The molecule has 1 rings (SSSR count). The topological polar surface area (TPSA) is 58.6 Å². The lowest BCUT2D eigenvalue weighted by Crippen LogP contribution is -2.40. The first-order valence-electron chi connectivity index (χ1n) is 5.13. The molecule has 0 aliphatic heterocycles. The number of methoxy groups -OCH3 is 1. The molecule has 4 nitrogen and oxygen atoms in total. The largest absolute Gasteiger partial charge is 0.495 e. The lowest BCUT2D eigenvalue weighted by molar-refractivity contribution is -0.141. The van der Waals surface area contributed by atoms with Crippen LogP contribution in [0.4, 0.5) is 5.69 Å². The van der Waals surface area contributed by atoms with E-state index >= 15 is 0 Å². The van der Waals surface area contributed by atoms with E-state index in [9.17, 15) is 4.79 Å². The Bertz CT molecular complexity index is 444. The first kappa shape index (κ1) is 13.6. The van der Waals surface area contributed by atoms with Crippen LogP contribution in [0.1, 0.15) is 19.4 Å². The van der Waals surface area contributed by atoms with E-state index in [1.807, 2.05) is 6.92 Å². The number of carboxylic acids is 1. The van der Waals surface area contributed by atoms with Crippen LogP contribution in [0.15, 0.2) is 12.1 Å². The number of benzene rings is 1. The van der Waals surface area contributed by atoms with Crippen LogP contribution in [0.25, 0.3) is 0 Å². The van der Waals surface area contributed by atoms with Gasteiger partial charge in [0, 0.05) is 5.69 Å². The summed E-state index contributed by atoms with van der Waals surface area (Å²) in [6.45, 7) is 5.04. The van der Waals surface area contributed by atoms with E-state index in [1.54, 1.807) is 26.0 Å². The number of aliphatic carboxylic acids is 1. The van der Waals surface area contributed by atoms with Gasteiger partial charge in [-0.05, 0) is 38.5 Å². The zero-order valence-electron chi connectivity index (χ0n) is 10.3. The summed E-state index contributed by atoms with van der Waals surface area (Å²) in [7, 11) is 1.54. The number of nitrogens with one attached hydrogen (secondary N) is 1. The molecule has 0 aromatic heterocycles. The second kappa shape index (κ2) is 4.84. The van der Waals surface area contributed by atoms with Crippen molar-refractivity contribution >= 4 is 23.3 Å². The Morgan fingerprint density at radius 2 is 2.06 bits per heavy atom. The lowest BCUT2D eigenvalue weighted by atomic mass is 10.0. The zero-order valence-corrected chi connectivity index (χ0v) is 11.1. The molecule has 2 N–H and O–H groups in total. The normalized spacial score (nSPS) is 11.1. The molecule has 0 saturated carbocycles. The monoisotopic (exact) mass is 257 g/mol. The molecule has 0 aliphatic carbocycles. The Morgan fingerprint density at radius 1 is 1.47 bits per heavy atom. The Morgan fingerprint density at radius 3 is 2.53 bits per heavy atom. The number of rotatable bonds is 4. The van der Waals surface area contributed by atoms with Crippen LogP contribution >= 0.6 is 11.6 Å². The Balaban J connectivity index is 3.08. The minimum Gasteiger partial charge on any atom is -0.495 e. The lowest BCUT2D eigenvalue weighted by Gasteiger charge is -2.24. The molecule has 17 heavy (non-hydrogen) atoms. The first-order valence-corrected chi connectivity index (χ1v) is 5.51. The molecule has 0 fully saturated rings. The van der Waals surface area contributed by atoms with Crippen LogP contribution in [0, 0.1) is 6.92 Å². The van der Waals surface area contributed by atoms with Crippen LogP contribution in [0.2, 0.25) is 5.02 Å². The van der Waals surface area contributed by atoms with Crippen LogP contribution < -0.4 is 10.1 Å². The van der Waals surface area contributed by atoms with Crippen molar-refractivity contribution in [2.75, 3.05) is 12.4 Å². The SMILES string of the molecule is COc1cc(C)c(NC(C)(C)C(=O)O)cc1Cl. The molecular formula is C12H16ClNO3. The molecule has 0 heterocycles. The van der Waals surface area contributed by atoms with Gasteiger partial charge in [-0.2, -0.15) is 0 Å². The van der Waals surface area contributed by atoms with Gasteiger partial charge < -0.3 is 15.2 Å². The smallest absolute Gasteiger partial charge is 0.328 e. The molecule has 94 valence electrons. The van der Waals surface area contributed by atoms with Crippen molar-refractivity contribution < 1.29 is 14.6 Å². The number of halogens is 1. The predicted molar refractivity (Wildman–Crippen MR) is 68.1 cm³/mol. The third kappa shape index (κ3) is 3.03. The number of ether oxygens (including phenoxy) is 1. The van der Waals surface area contributed by atoms with E-state index in [1.165, 1.54) is 7.11 Å². The number of aryl methyl sites for hydroxylation is 1. The molecule has 1 aromatic carbocycles. The highest BCUT2D eigenvalue weighted by molar-refractivity contribution is 6.32. The maximum Gasteiger partial charge on any atom is 0.328 e. The van der Waals surface area contributed by atoms with Gasteiger partial charge in [0.25, 0.3) is 0 Å². The minimum atomic E-state index is -1.05. The maximum atomic E-state index is 11.0. The summed E-state index contributed by atoms with van der Waals surface area (Å²) < 4.78 is 5.08. The molecule has 0 radical (unpaired) electrons. The van der Waals surface area contributed by atoms with Crippen molar-refractivity contribution in [1.82, 2.24) is 0 Å². The maximum absolute atomic E-state index is 11.0. The summed E-state index contributed by atoms with van der Waals surface area (Å²) in [5.74, 6) is -0.355. The molecular weight excluding hydrogens is 242 g/mol. The van der Waals surface area contributed by atoms with E-state index < -0.39 is 11.5 Å². The van der Waals surface area contributed by atoms with Crippen molar-refractivity contribution in [2.45, 2.75) is 26.3 Å². The van der Waals surface area contributed by atoms with Gasteiger partial charge in [0.15, 0.2) is 0 Å². The number of anilines is 1. The van der Waals surface area contributed by atoms with Crippen molar-refractivity contribution in [2.24, 2.45) is 0 Å². The van der Waals surface area contributed by atoms with E-state index in [-0.39, 0.29) is 0 Å². The third-order valence-electron chi connectivity index (χ3n) is 2.48. The van der Waals surface area contributed by atoms with Crippen LogP contribution in [-0.2, 0) is 4.79 Å². The van der Waals surface area contributed by atoms with Crippen LogP contribution in [0.5, 0.6) is 5.75 Å². The summed E-state index contributed by atoms with van der Waals surface area (Å²) in [5.41, 5.74) is 0.506. The summed E-state index contributed by atoms with van der Waals surface area (Å²) in [4.78, 5) is 11.0. The minimum absolute atomic E-state index is 0.446. The fourth-order valence-corrected chi connectivity index (χ4v) is 1.58. The molecule has 0 atom stereocenters. The molecule has 0 amide bonds. The molecule has 0 unspecified atom stereocenters. The molecule has 0 spiro atoms. The number of carbonyl (C=O) groups is 1. The van der Waals surface area contributed by atoms with Gasteiger partial charge in [-0.15, -0.1) is 0 Å². The summed E-state index contributed by atoms with van der Waals surface area (Å²) in [6.07, 6.45) is 0. The highest BCUT2D eigenvalue weighted by atomic mass is 35.5. The van der Waals surface area contributed by atoms with Gasteiger partial charge in [-0.3, -0.25) is 0 Å². The molecule has 0 bridgehead atoms. The third-order valence-corrected chi connectivity index (χ3v) is 2.78. The van der Waals surface area contributed by atoms with Gasteiger partial charge in [0.1, 0.15) is 11.3 Å². The fourth-order valence-electron chi connectivity index (χ4n) is 1.34. The molecule has 5 heteroatoms.